The lowest BCUT2D eigenvalue weighted by Gasteiger charge is -2.29. The van der Waals surface area contributed by atoms with E-state index in [1.54, 1.807) is 0 Å². The molecule has 0 aromatic rings. The molecule has 0 spiro atoms. The highest BCUT2D eigenvalue weighted by molar-refractivity contribution is 5.81. The minimum atomic E-state index is -0.115. The van der Waals surface area contributed by atoms with Gasteiger partial charge < -0.3 is 10.6 Å². The first-order valence-corrected chi connectivity index (χ1v) is 7.26. The largest absolute Gasteiger partial charge is 0.352 e. The average Bonchev–Trinajstić information content (AvgIpc) is 2.30. The van der Waals surface area contributed by atoms with Crippen LogP contribution in [0.1, 0.15) is 61.3 Å². The van der Waals surface area contributed by atoms with Crippen molar-refractivity contribution in [3.63, 3.8) is 0 Å². The maximum absolute atomic E-state index is 12.0. The second kappa shape index (κ2) is 7.78. The van der Waals surface area contributed by atoms with Crippen molar-refractivity contribution in [1.82, 2.24) is 10.6 Å². The van der Waals surface area contributed by atoms with Crippen molar-refractivity contribution in [3.05, 3.63) is 0 Å². The molecule has 0 aliphatic rings. The van der Waals surface area contributed by atoms with Gasteiger partial charge in [-0.3, -0.25) is 4.79 Å². The van der Waals surface area contributed by atoms with E-state index in [4.69, 9.17) is 0 Å². The van der Waals surface area contributed by atoms with Gasteiger partial charge in [0, 0.05) is 6.04 Å². The van der Waals surface area contributed by atoms with Crippen molar-refractivity contribution in [2.45, 2.75) is 73.4 Å². The molecule has 0 heterocycles. The van der Waals surface area contributed by atoms with Crippen LogP contribution < -0.4 is 10.6 Å². The summed E-state index contributed by atoms with van der Waals surface area (Å²) in [5.74, 6) is 0.658. The van der Waals surface area contributed by atoms with Gasteiger partial charge in [0.15, 0.2) is 0 Å². The quantitative estimate of drug-likeness (QED) is 0.735. The first kappa shape index (κ1) is 17.4. The minimum absolute atomic E-state index is 0.115. The molecule has 0 saturated carbocycles. The molecular weight excluding hydrogens is 224 g/mol. The Morgan fingerprint density at radius 1 is 1.11 bits per heavy atom. The van der Waals surface area contributed by atoms with Crippen LogP contribution >= 0.6 is 0 Å². The van der Waals surface area contributed by atoms with Crippen molar-refractivity contribution in [3.8, 4) is 0 Å². The number of nitrogens with one attached hydrogen (secondary N) is 2. The summed E-state index contributed by atoms with van der Waals surface area (Å²) in [5.41, 5.74) is 0.276. The topological polar surface area (TPSA) is 41.1 Å². The third-order valence-electron chi connectivity index (χ3n) is 3.93. The normalized spacial score (nSPS) is 15.6. The molecule has 2 N–H and O–H groups in total. The van der Waals surface area contributed by atoms with E-state index in [0.29, 0.717) is 12.0 Å². The van der Waals surface area contributed by atoms with Gasteiger partial charge in [0.25, 0.3) is 0 Å². The lowest BCUT2D eigenvalue weighted by molar-refractivity contribution is -0.123. The van der Waals surface area contributed by atoms with Crippen LogP contribution in [0.25, 0.3) is 0 Å². The molecule has 2 unspecified atom stereocenters. The highest BCUT2D eigenvalue weighted by Gasteiger charge is 2.22. The third-order valence-corrected chi connectivity index (χ3v) is 3.93. The van der Waals surface area contributed by atoms with E-state index in [-0.39, 0.29) is 17.4 Å². The zero-order valence-electron chi connectivity index (χ0n) is 13.3. The van der Waals surface area contributed by atoms with Crippen molar-refractivity contribution >= 4 is 5.91 Å². The summed E-state index contributed by atoms with van der Waals surface area (Å²) in [4.78, 5) is 12.0. The molecule has 0 aliphatic carbocycles. The fourth-order valence-electron chi connectivity index (χ4n) is 1.57. The molecule has 0 aromatic carbocycles. The highest BCUT2D eigenvalue weighted by Crippen LogP contribution is 2.24. The van der Waals surface area contributed by atoms with Gasteiger partial charge >= 0.3 is 0 Å². The van der Waals surface area contributed by atoms with Gasteiger partial charge in [-0.15, -0.1) is 0 Å². The highest BCUT2D eigenvalue weighted by atomic mass is 16.2. The SMILES string of the molecule is CCC(CC)NC(=O)C(C)NCC(C)C(C)(C)C. The van der Waals surface area contributed by atoms with E-state index < -0.39 is 0 Å². The zero-order chi connectivity index (χ0) is 14.3. The van der Waals surface area contributed by atoms with Crippen LogP contribution in [0, 0.1) is 11.3 Å². The molecule has 3 nitrogen and oxygen atoms in total. The molecule has 0 aromatic heterocycles. The lowest BCUT2D eigenvalue weighted by atomic mass is 9.82. The van der Waals surface area contributed by atoms with Crippen molar-refractivity contribution in [2.75, 3.05) is 6.54 Å². The van der Waals surface area contributed by atoms with Gasteiger partial charge in [-0.2, -0.15) is 0 Å². The molecule has 3 heteroatoms. The van der Waals surface area contributed by atoms with Crippen molar-refractivity contribution in [2.24, 2.45) is 11.3 Å². The second-order valence-electron chi connectivity index (χ2n) is 6.42. The first-order chi connectivity index (χ1) is 8.22. The van der Waals surface area contributed by atoms with E-state index in [9.17, 15) is 4.79 Å². The molecule has 0 fully saturated rings. The maximum Gasteiger partial charge on any atom is 0.237 e. The summed E-state index contributed by atoms with van der Waals surface area (Å²) >= 11 is 0. The van der Waals surface area contributed by atoms with Gasteiger partial charge in [-0.25, -0.2) is 0 Å². The number of hydrogen-bond donors (Lipinski definition) is 2. The molecule has 0 rings (SSSR count). The van der Waals surface area contributed by atoms with Crippen LogP contribution in [0.15, 0.2) is 0 Å². The Bertz CT molecular complexity index is 241. The monoisotopic (exact) mass is 256 g/mol. The Morgan fingerprint density at radius 3 is 2.00 bits per heavy atom. The Hall–Kier alpha value is -0.570. The lowest BCUT2D eigenvalue weighted by Crippen LogP contribution is -2.47. The summed E-state index contributed by atoms with van der Waals surface area (Å²) in [6.45, 7) is 15.9. The van der Waals surface area contributed by atoms with Gasteiger partial charge in [0.2, 0.25) is 5.91 Å². The maximum atomic E-state index is 12.0. The molecular formula is C15H32N2O. The number of rotatable bonds is 7. The standard InChI is InChI=1S/C15H32N2O/c1-8-13(9-2)17-14(18)12(4)16-10-11(3)15(5,6)7/h11-13,16H,8-10H2,1-7H3,(H,17,18). The predicted octanol–water partition coefficient (Wildman–Crippen LogP) is 2.95. The molecule has 18 heavy (non-hydrogen) atoms. The van der Waals surface area contributed by atoms with E-state index in [0.717, 1.165) is 19.4 Å². The van der Waals surface area contributed by atoms with Crippen LogP contribution in [-0.4, -0.2) is 24.5 Å². The Kier molecular flexibility index (Phi) is 7.53. The minimum Gasteiger partial charge on any atom is -0.352 e. The van der Waals surface area contributed by atoms with Crippen molar-refractivity contribution in [1.29, 1.82) is 0 Å². The van der Waals surface area contributed by atoms with Gasteiger partial charge in [-0.05, 0) is 37.6 Å². The summed E-state index contributed by atoms with van der Waals surface area (Å²) in [6.07, 6.45) is 1.99. The molecule has 0 bridgehead atoms. The smallest absolute Gasteiger partial charge is 0.237 e. The fourth-order valence-corrected chi connectivity index (χ4v) is 1.57. The van der Waals surface area contributed by atoms with Crippen LogP contribution in [0.4, 0.5) is 0 Å². The number of carbonyl (C=O) groups excluding carboxylic acids is 1. The Morgan fingerprint density at radius 2 is 1.61 bits per heavy atom. The van der Waals surface area contributed by atoms with E-state index in [1.807, 2.05) is 6.92 Å². The molecule has 2 atom stereocenters. The Labute approximate surface area is 113 Å². The molecule has 108 valence electrons. The van der Waals surface area contributed by atoms with Gasteiger partial charge in [0.1, 0.15) is 0 Å². The van der Waals surface area contributed by atoms with Crippen LogP contribution in [-0.2, 0) is 4.79 Å². The average molecular weight is 256 g/mol. The summed E-state index contributed by atoms with van der Waals surface area (Å²) in [5, 5.41) is 6.41. The Balaban J connectivity index is 4.09. The number of carbonyl (C=O) groups is 1. The van der Waals surface area contributed by atoms with Crippen LogP contribution in [0.3, 0.4) is 0 Å². The molecule has 0 aliphatic heterocycles. The van der Waals surface area contributed by atoms with Crippen LogP contribution in [0.2, 0.25) is 0 Å². The predicted molar refractivity (Wildman–Crippen MR) is 78.6 cm³/mol. The summed E-state index contributed by atoms with van der Waals surface area (Å²) in [7, 11) is 0. The number of amides is 1. The second-order valence-corrected chi connectivity index (χ2v) is 6.42. The number of hydrogen-bond acceptors (Lipinski definition) is 2. The van der Waals surface area contributed by atoms with Crippen molar-refractivity contribution < 1.29 is 4.79 Å². The van der Waals surface area contributed by atoms with E-state index in [2.05, 4.69) is 52.2 Å². The fraction of sp³-hybridized carbons (Fsp3) is 0.933. The van der Waals surface area contributed by atoms with E-state index >= 15 is 0 Å². The third kappa shape index (κ3) is 6.39. The molecule has 0 saturated heterocycles. The van der Waals surface area contributed by atoms with Gasteiger partial charge in [-0.1, -0.05) is 41.5 Å². The summed E-state index contributed by atoms with van der Waals surface area (Å²) in [6, 6.07) is 0.192. The van der Waals surface area contributed by atoms with Crippen LogP contribution in [0.5, 0.6) is 0 Å². The molecule has 0 radical (unpaired) electrons. The first-order valence-electron chi connectivity index (χ1n) is 7.26. The van der Waals surface area contributed by atoms with Gasteiger partial charge in [0.05, 0.1) is 6.04 Å². The summed E-state index contributed by atoms with van der Waals surface area (Å²) < 4.78 is 0. The zero-order valence-corrected chi connectivity index (χ0v) is 13.3. The molecule has 1 amide bonds. The van der Waals surface area contributed by atoms with E-state index in [1.165, 1.54) is 0 Å².